The van der Waals surface area contributed by atoms with Gasteiger partial charge in [0.15, 0.2) is 5.11 Å². The maximum atomic E-state index is 12.6. The molecule has 0 aliphatic rings. The number of hydrogen-bond acceptors (Lipinski definition) is 4. The van der Waals surface area contributed by atoms with E-state index in [0.717, 1.165) is 15.6 Å². The molecule has 0 aliphatic heterocycles. The normalized spacial score (nSPS) is 11.3. The van der Waals surface area contributed by atoms with E-state index in [0.29, 0.717) is 23.2 Å². The molecule has 6 nitrogen and oxygen atoms in total. The van der Waals surface area contributed by atoms with E-state index in [4.69, 9.17) is 17.0 Å². The molecule has 2 aromatic rings. The van der Waals surface area contributed by atoms with Gasteiger partial charge >= 0.3 is 0 Å². The van der Waals surface area contributed by atoms with Crippen LogP contribution in [0, 0.1) is 6.92 Å². The van der Waals surface area contributed by atoms with E-state index in [-0.39, 0.29) is 4.90 Å². The summed E-state index contributed by atoms with van der Waals surface area (Å²) in [6, 6.07) is 12.7. The minimum atomic E-state index is -3.65. The third-order valence-electron chi connectivity index (χ3n) is 3.57. The number of aryl methyl sites for hydroxylation is 1. The zero-order valence-corrected chi connectivity index (χ0v) is 16.9. The number of hydrogen-bond donors (Lipinski definition) is 2. The van der Waals surface area contributed by atoms with Crippen molar-refractivity contribution in [2.24, 2.45) is 0 Å². The molecule has 26 heavy (non-hydrogen) atoms. The van der Waals surface area contributed by atoms with Gasteiger partial charge in [0.1, 0.15) is 10.6 Å². The second-order valence-corrected chi connectivity index (χ2v) is 8.36. The van der Waals surface area contributed by atoms with E-state index in [2.05, 4.69) is 10.6 Å². The van der Waals surface area contributed by atoms with Gasteiger partial charge in [-0.25, -0.2) is 12.7 Å². The Morgan fingerprint density at radius 3 is 2.23 bits per heavy atom. The second kappa shape index (κ2) is 8.48. The fourth-order valence-corrected chi connectivity index (χ4v) is 3.48. The van der Waals surface area contributed by atoms with Crippen LogP contribution < -0.4 is 15.4 Å². The van der Waals surface area contributed by atoms with Crippen LogP contribution >= 0.6 is 12.2 Å². The largest absolute Gasteiger partial charge is 0.492 e. The number of nitrogens with one attached hydrogen (secondary N) is 2. The highest BCUT2D eigenvalue weighted by atomic mass is 32.2. The van der Waals surface area contributed by atoms with Gasteiger partial charge in [0.25, 0.3) is 0 Å². The maximum Gasteiger partial charge on any atom is 0.246 e. The average Bonchev–Trinajstić information content (AvgIpc) is 2.58. The predicted octanol–water partition coefficient (Wildman–Crippen LogP) is 3.45. The Bertz CT molecular complexity index is 879. The molecule has 2 rings (SSSR count). The molecule has 0 saturated heterocycles. The number of anilines is 2. The van der Waals surface area contributed by atoms with Crippen LogP contribution in [0.15, 0.2) is 47.4 Å². The highest BCUT2D eigenvalue weighted by Crippen LogP contribution is 2.29. The van der Waals surface area contributed by atoms with Gasteiger partial charge in [-0.05, 0) is 56.4 Å². The third kappa shape index (κ3) is 4.94. The number of nitrogens with zero attached hydrogens (tertiary/aromatic N) is 1. The van der Waals surface area contributed by atoms with Crippen molar-refractivity contribution in [2.45, 2.75) is 18.7 Å². The SMILES string of the molecule is CCOc1ccc(NC(=S)Nc2ccc(C)cc2)cc1S(=O)(=O)N(C)C. The number of rotatable bonds is 6. The van der Waals surface area contributed by atoms with Crippen LogP contribution in [-0.4, -0.2) is 38.5 Å². The Balaban J connectivity index is 2.24. The zero-order valence-electron chi connectivity index (χ0n) is 15.2. The van der Waals surface area contributed by atoms with Gasteiger partial charge in [-0.15, -0.1) is 0 Å². The van der Waals surface area contributed by atoms with Crippen molar-refractivity contribution in [3.63, 3.8) is 0 Å². The molecule has 0 saturated carbocycles. The molecule has 0 amide bonds. The summed E-state index contributed by atoms with van der Waals surface area (Å²) in [5, 5.41) is 6.44. The molecule has 2 N–H and O–H groups in total. The Labute approximate surface area is 160 Å². The van der Waals surface area contributed by atoms with Crippen molar-refractivity contribution in [3.8, 4) is 5.75 Å². The molecule has 0 bridgehead atoms. The first-order valence-electron chi connectivity index (χ1n) is 8.08. The monoisotopic (exact) mass is 393 g/mol. The summed E-state index contributed by atoms with van der Waals surface area (Å²) < 4.78 is 31.7. The number of thiocarbonyl (C=S) groups is 1. The van der Waals surface area contributed by atoms with E-state index < -0.39 is 10.0 Å². The summed E-state index contributed by atoms with van der Waals surface area (Å²) in [6.07, 6.45) is 0. The summed E-state index contributed by atoms with van der Waals surface area (Å²) >= 11 is 5.31. The number of sulfonamides is 1. The van der Waals surface area contributed by atoms with Gasteiger partial charge in [0, 0.05) is 25.5 Å². The maximum absolute atomic E-state index is 12.6. The first-order chi connectivity index (χ1) is 12.2. The molecule has 8 heteroatoms. The van der Waals surface area contributed by atoms with Gasteiger partial charge in [0.05, 0.1) is 6.61 Å². The first kappa shape index (κ1) is 20.2. The van der Waals surface area contributed by atoms with Crippen molar-refractivity contribution in [3.05, 3.63) is 48.0 Å². The summed E-state index contributed by atoms with van der Waals surface area (Å²) in [5.41, 5.74) is 2.55. The van der Waals surface area contributed by atoms with Crippen molar-refractivity contribution >= 4 is 38.7 Å². The smallest absolute Gasteiger partial charge is 0.246 e. The molecule has 0 unspecified atom stereocenters. The molecule has 0 heterocycles. The summed E-state index contributed by atoms with van der Waals surface area (Å²) in [4.78, 5) is 0.0903. The van der Waals surface area contributed by atoms with Crippen molar-refractivity contribution in [2.75, 3.05) is 31.3 Å². The van der Waals surface area contributed by atoms with E-state index in [9.17, 15) is 8.42 Å². The van der Waals surface area contributed by atoms with Crippen molar-refractivity contribution in [1.29, 1.82) is 0 Å². The highest BCUT2D eigenvalue weighted by molar-refractivity contribution is 7.89. The molecule has 140 valence electrons. The standard InChI is InChI=1S/C18H23N3O3S2/c1-5-24-16-11-10-15(12-17(16)26(22,23)21(3)4)20-18(25)19-14-8-6-13(2)7-9-14/h6-12H,5H2,1-4H3,(H2,19,20,25). The van der Waals surface area contributed by atoms with E-state index in [1.807, 2.05) is 31.2 Å². The molecular formula is C18H23N3O3S2. The number of ether oxygens (including phenoxy) is 1. The molecule has 0 spiro atoms. The predicted molar refractivity (Wildman–Crippen MR) is 110 cm³/mol. The fourth-order valence-electron chi connectivity index (χ4n) is 2.19. The van der Waals surface area contributed by atoms with Crippen LogP contribution in [0.5, 0.6) is 5.75 Å². The Hall–Kier alpha value is -2.16. The van der Waals surface area contributed by atoms with Gasteiger partial charge in [-0.2, -0.15) is 0 Å². The molecular weight excluding hydrogens is 370 g/mol. The van der Waals surface area contributed by atoms with Crippen molar-refractivity contribution < 1.29 is 13.2 Å². The Morgan fingerprint density at radius 2 is 1.65 bits per heavy atom. The summed E-state index contributed by atoms with van der Waals surface area (Å²) in [6.45, 7) is 4.18. The topological polar surface area (TPSA) is 70.7 Å². The molecule has 0 aromatic heterocycles. The molecule has 0 fully saturated rings. The molecule has 0 aliphatic carbocycles. The van der Waals surface area contributed by atoms with Crippen LogP contribution in [0.4, 0.5) is 11.4 Å². The quantitative estimate of drug-likeness (QED) is 0.733. The van der Waals surface area contributed by atoms with Gasteiger partial charge < -0.3 is 15.4 Å². The highest BCUT2D eigenvalue weighted by Gasteiger charge is 2.23. The van der Waals surface area contributed by atoms with E-state index in [1.54, 1.807) is 19.1 Å². The lowest BCUT2D eigenvalue weighted by atomic mass is 10.2. The molecule has 0 atom stereocenters. The van der Waals surface area contributed by atoms with Crippen LogP contribution in [-0.2, 0) is 10.0 Å². The second-order valence-electron chi connectivity index (χ2n) is 5.83. The number of benzene rings is 2. The summed E-state index contributed by atoms with van der Waals surface area (Å²) in [7, 11) is -0.685. The fraction of sp³-hybridized carbons (Fsp3) is 0.278. The van der Waals surface area contributed by atoms with Gasteiger partial charge in [0.2, 0.25) is 10.0 Å². The summed E-state index contributed by atoms with van der Waals surface area (Å²) in [5.74, 6) is 0.309. The average molecular weight is 394 g/mol. The Morgan fingerprint density at radius 1 is 1.08 bits per heavy atom. The van der Waals surface area contributed by atoms with Crippen LogP contribution in [0.3, 0.4) is 0 Å². The Kier molecular flexibility index (Phi) is 6.57. The minimum Gasteiger partial charge on any atom is -0.492 e. The molecule has 2 aromatic carbocycles. The van der Waals surface area contributed by atoms with Crippen LogP contribution in [0.2, 0.25) is 0 Å². The van der Waals surface area contributed by atoms with Crippen LogP contribution in [0.1, 0.15) is 12.5 Å². The zero-order chi connectivity index (χ0) is 19.3. The van der Waals surface area contributed by atoms with Gasteiger partial charge in [-0.3, -0.25) is 0 Å². The lowest BCUT2D eigenvalue weighted by molar-refractivity contribution is 0.330. The first-order valence-corrected chi connectivity index (χ1v) is 9.93. The van der Waals surface area contributed by atoms with E-state index >= 15 is 0 Å². The molecule has 0 radical (unpaired) electrons. The lowest BCUT2D eigenvalue weighted by Gasteiger charge is -2.17. The third-order valence-corrected chi connectivity index (χ3v) is 5.61. The van der Waals surface area contributed by atoms with Gasteiger partial charge in [-0.1, -0.05) is 17.7 Å². The lowest BCUT2D eigenvalue weighted by Crippen LogP contribution is -2.24. The minimum absolute atomic E-state index is 0.0903. The van der Waals surface area contributed by atoms with E-state index in [1.165, 1.54) is 20.2 Å². The van der Waals surface area contributed by atoms with Crippen LogP contribution in [0.25, 0.3) is 0 Å². The van der Waals surface area contributed by atoms with Crippen molar-refractivity contribution in [1.82, 2.24) is 4.31 Å².